The summed E-state index contributed by atoms with van der Waals surface area (Å²) in [4.78, 5) is 12.2. The summed E-state index contributed by atoms with van der Waals surface area (Å²) in [5.74, 6) is 0.0477. The molecule has 1 atom stereocenters. The number of hydrogen-bond acceptors (Lipinski definition) is 3. The van der Waals surface area contributed by atoms with Crippen LogP contribution in [-0.2, 0) is 16.0 Å². The van der Waals surface area contributed by atoms with Gasteiger partial charge in [0.1, 0.15) is 0 Å². The first kappa shape index (κ1) is 14.0. The molecule has 0 aromatic heterocycles. The van der Waals surface area contributed by atoms with Gasteiger partial charge in [-0.15, -0.1) is 0 Å². The first-order valence-corrected chi connectivity index (χ1v) is 6.65. The number of aliphatic hydroxyl groups is 1. The number of ether oxygens (including phenoxy) is 1. The zero-order chi connectivity index (χ0) is 13.7. The first-order chi connectivity index (χ1) is 9.16. The highest BCUT2D eigenvalue weighted by Gasteiger charge is 2.49. The third-order valence-corrected chi connectivity index (χ3v) is 3.58. The molecule has 19 heavy (non-hydrogen) atoms. The zero-order valence-electron chi connectivity index (χ0n) is 11.3. The number of nitrogens with one attached hydrogen (secondary N) is 1. The highest BCUT2D eigenvalue weighted by molar-refractivity contribution is 5.85. The number of amides is 1. The number of benzene rings is 1. The van der Waals surface area contributed by atoms with E-state index in [0.717, 1.165) is 19.3 Å². The lowest BCUT2D eigenvalue weighted by Crippen LogP contribution is -2.39. The summed E-state index contributed by atoms with van der Waals surface area (Å²) in [5, 5.41) is 12.4. The largest absolute Gasteiger partial charge is 0.389 e. The van der Waals surface area contributed by atoms with E-state index >= 15 is 0 Å². The van der Waals surface area contributed by atoms with Gasteiger partial charge in [-0.25, -0.2) is 0 Å². The monoisotopic (exact) mass is 263 g/mol. The molecule has 0 radical (unpaired) electrons. The van der Waals surface area contributed by atoms with Crippen molar-refractivity contribution in [3.8, 4) is 0 Å². The molecular formula is C15H21NO3. The van der Waals surface area contributed by atoms with Gasteiger partial charge in [0.15, 0.2) is 0 Å². The SMILES string of the molecule is COCC(O)CNC(=O)C1(Cc2ccccc2)CC1. The van der Waals surface area contributed by atoms with E-state index in [2.05, 4.69) is 5.32 Å². The molecule has 4 heteroatoms. The minimum absolute atomic E-state index is 0.0477. The van der Waals surface area contributed by atoms with E-state index in [9.17, 15) is 9.90 Å². The van der Waals surface area contributed by atoms with Gasteiger partial charge in [0.25, 0.3) is 0 Å². The number of rotatable bonds is 7. The van der Waals surface area contributed by atoms with Gasteiger partial charge in [-0.1, -0.05) is 30.3 Å². The third kappa shape index (κ3) is 3.78. The molecule has 4 nitrogen and oxygen atoms in total. The molecule has 0 heterocycles. The van der Waals surface area contributed by atoms with E-state index in [0.29, 0.717) is 0 Å². The Balaban J connectivity index is 1.85. The van der Waals surface area contributed by atoms with Crippen LogP contribution in [0.4, 0.5) is 0 Å². The van der Waals surface area contributed by atoms with Gasteiger partial charge >= 0.3 is 0 Å². The average Bonchev–Trinajstić information content (AvgIpc) is 3.18. The van der Waals surface area contributed by atoms with E-state index in [4.69, 9.17) is 4.74 Å². The van der Waals surface area contributed by atoms with Gasteiger partial charge in [-0.05, 0) is 24.8 Å². The van der Waals surface area contributed by atoms with Crippen LogP contribution in [-0.4, -0.2) is 37.4 Å². The lowest BCUT2D eigenvalue weighted by Gasteiger charge is -2.17. The molecule has 104 valence electrons. The van der Waals surface area contributed by atoms with Crippen molar-refractivity contribution in [3.05, 3.63) is 35.9 Å². The molecule has 1 saturated carbocycles. The molecule has 1 aliphatic carbocycles. The Kier molecular flexibility index (Phi) is 4.56. The topological polar surface area (TPSA) is 58.6 Å². The molecule has 0 spiro atoms. The molecule has 0 saturated heterocycles. The number of carbonyl (C=O) groups is 1. The summed E-state index contributed by atoms with van der Waals surface area (Å²) in [6.45, 7) is 0.495. The molecule has 0 aliphatic heterocycles. The lowest BCUT2D eigenvalue weighted by atomic mass is 9.95. The minimum atomic E-state index is -0.638. The second-order valence-corrected chi connectivity index (χ2v) is 5.26. The van der Waals surface area contributed by atoms with Crippen molar-refractivity contribution in [1.29, 1.82) is 0 Å². The summed E-state index contributed by atoms with van der Waals surface area (Å²) >= 11 is 0. The van der Waals surface area contributed by atoms with Crippen molar-refractivity contribution in [2.75, 3.05) is 20.3 Å². The predicted octanol–water partition coefficient (Wildman–Crippen LogP) is 1.13. The molecule has 1 aromatic rings. The van der Waals surface area contributed by atoms with Crippen LogP contribution in [0.2, 0.25) is 0 Å². The minimum Gasteiger partial charge on any atom is -0.389 e. The summed E-state index contributed by atoms with van der Waals surface area (Å²) in [6.07, 6.45) is 1.99. The predicted molar refractivity (Wildman–Crippen MR) is 72.7 cm³/mol. The van der Waals surface area contributed by atoms with Crippen LogP contribution in [0.3, 0.4) is 0 Å². The average molecular weight is 263 g/mol. The van der Waals surface area contributed by atoms with Crippen molar-refractivity contribution in [2.24, 2.45) is 5.41 Å². The summed E-state index contributed by atoms with van der Waals surface area (Å²) in [7, 11) is 1.53. The van der Waals surface area contributed by atoms with Crippen LogP contribution in [0, 0.1) is 5.41 Å². The maximum atomic E-state index is 12.2. The second-order valence-electron chi connectivity index (χ2n) is 5.26. The highest BCUT2D eigenvalue weighted by Crippen LogP contribution is 2.48. The van der Waals surface area contributed by atoms with Crippen molar-refractivity contribution < 1.29 is 14.6 Å². The van der Waals surface area contributed by atoms with Crippen LogP contribution in [0.5, 0.6) is 0 Å². The number of methoxy groups -OCH3 is 1. The van der Waals surface area contributed by atoms with Gasteiger partial charge in [0.2, 0.25) is 5.91 Å². The summed E-state index contributed by atoms with van der Waals surface area (Å²) in [5.41, 5.74) is 0.932. The molecule has 0 bridgehead atoms. The molecule has 1 aliphatic rings. The number of carbonyl (C=O) groups excluding carboxylic acids is 1. The Morgan fingerprint density at radius 2 is 2.11 bits per heavy atom. The van der Waals surface area contributed by atoms with Crippen LogP contribution in [0.15, 0.2) is 30.3 Å². The zero-order valence-corrected chi connectivity index (χ0v) is 11.3. The Morgan fingerprint density at radius 3 is 2.68 bits per heavy atom. The third-order valence-electron chi connectivity index (χ3n) is 3.58. The molecule has 1 aromatic carbocycles. The van der Waals surface area contributed by atoms with Gasteiger partial charge in [0, 0.05) is 13.7 Å². The van der Waals surface area contributed by atoms with E-state index in [1.165, 1.54) is 12.7 Å². The fraction of sp³-hybridized carbons (Fsp3) is 0.533. The molecule has 1 fully saturated rings. The van der Waals surface area contributed by atoms with Crippen LogP contribution in [0.1, 0.15) is 18.4 Å². The maximum Gasteiger partial charge on any atom is 0.226 e. The van der Waals surface area contributed by atoms with Crippen molar-refractivity contribution in [1.82, 2.24) is 5.32 Å². The Morgan fingerprint density at radius 1 is 1.42 bits per heavy atom. The van der Waals surface area contributed by atoms with E-state index in [-0.39, 0.29) is 24.5 Å². The van der Waals surface area contributed by atoms with E-state index in [1.54, 1.807) is 0 Å². The molecule has 1 unspecified atom stereocenters. The van der Waals surface area contributed by atoms with Gasteiger partial charge < -0.3 is 15.2 Å². The fourth-order valence-electron chi connectivity index (χ4n) is 2.27. The normalized spacial score (nSPS) is 17.8. The quantitative estimate of drug-likeness (QED) is 0.775. The first-order valence-electron chi connectivity index (χ1n) is 6.65. The molecule has 1 amide bonds. The van der Waals surface area contributed by atoms with Crippen molar-refractivity contribution >= 4 is 5.91 Å². The lowest BCUT2D eigenvalue weighted by molar-refractivity contribution is -0.126. The second kappa shape index (κ2) is 6.17. The van der Waals surface area contributed by atoms with Gasteiger partial charge in [-0.3, -0.25) is 4.79 Å². The standard InChI is InChI=1S/C15H21NO3/c1-19-11-13(17)10-16-14(18)15(7-8-15)9-12-5-3-2-4-6-12/h2-6,13,17H,7-11H2,1H3,(H,16,18). The molecule has 2 N–H and O–H groups in total. The summed E-state index contributed by atoms with van der Waals surface area (Å²) < 4.78 is 4.83. The number of hydrogen-bond donors (Lipinski definition) is 2. The molecule has 2 rings (SSSR count). The fourth-order valence-corrected chi connectivity index (χ4v) is 2.27. The maximum absolute atomic E-state index is 12.2. The smallest absolute Gasteiger partial charge is 0.226 e. The van der Waals surface area contributed by atoms with E-state index in [1.807, 2.05) is 30.3 Å². The summed E-state index contributed by atoms with van der Waals surface area (Å²) in [6, 6.07) is 10.1. The van der Waals surface area contributed by atoms with E-state index < -0.39 is 6.10 Å². The Labute approximate surface area is 113 Å². The van der Waals surface area contributed by atoms with Gasteiger partial charge in [-0.2, -0.15) is 0 Å². The van der Waals surface area contributed by atoms with Crippen LogP contribution in [0.25, 0.3) is 0 Å². The Hall–Kier alpha value is -1.39. The molecular weight excluding hydrogens is 242 g/mol. The Bertz CT molecular complexity index is 415. The number of aliphatic hydroxyl groups excluding tert-OH is 1. The van der Waals surface area contributed by atoms with Crippen molar-refractivity contribution in [3.63, 3.8) is 0 Å². The van der Waals surface area contributed by atoms with Gasteiger partial charge in [0.05, 0.1) is 18.1 Å². The van der Waals surface area contributed by atoms with Crippen LogP contribution < -0.4 is 5.32 Å². The highest BCUT2D eigenvalue weighted by atomic mass is 16.5. The van der Waals surface area contributed by atoms with Crippen molar-refractivity contribution in [2.45, 2.75) is 25.4 Å². The van der Waals surface area contributed by atoms with Crippen LogP contribution >= 0.6 is 0 Å².